The topological polar surface area (TPSA) is 13.1 Å². The van der Waals surface area contributed by atoms with Gasteiger partial charge in [0.15, 0.2) is 6.26 Å². The van der Waals surface area contributed by atoms with Gasteiger partial charge in [-0.15, -0.1) is 0 Å². The molecule has 0 N–H and O–H groups in total. The van der Waals surface area contributed by atoms with Crippen molar-refractivity contribution in [3.05, 3.63) is 48.5 Å². The molecule has 0 spiro atoms. The smallest absolute Gasteiger partial charge is 0.170 e. The summed E-state index contributed by atoms with van der Waals surface area (Å²) in [6.07, 6.45) is 2.55. The van der Waals surface area contributed by atoms with E-state index in [2.05, 4.69) is 6.26 Å². The molecule has 1 nitrogen and oxygen atoms in total. The standard InChI is InChI=1S/C10H6FO/c11-9-4-1-3-8(7-9)10-5-2-6-12-10/h1-5,7H. The van der Waals surface area contributed by atoms with E-state index in [0.29, 0.717) is 5.76 Å². The average molecular weight is 161 g/mol. The number of hydrogen-bond donors (Lipinski definition) is 0. The third kappa shape index (κ3) is 1.23. The van der Waals surface area contributed by atoms with Crippen molar-refractivity contribution < 1.29 is 8.81 Å². The van der Waals surface area contributed by atoms with E-state index in [0.717, 1.165) is 5.56 Å². The van der Waals surface area contributed by atoms with Crippen LogP contribution in [0.1, 0.15) is 0 Å². The lowest BCUT2D eigenvalue weighted by molar-refractivity contribution is 0.571. The zero-order valence-electron chi connectivity index (χ0n) is 6.25. The highest BCUT2D eigenvalue weighted by Gasteiger charge is 2.00. The van der Waals surface area contributed by atoms with Crippen molar-refractivity contribution in [2.75, 3.05) is 0 Å². The number of rotatable bonds is 1. The van der Waals surface area contributed by atoms with Crippen LogP contribution in [0.5, 0.6) is 0 Å². The summed E-state index contributed by atoms with van der Waals surface area (Å²) in [6, 6.07) is 9.65. The van der Waals surface area contributed by atoms with Crippen LogP contribution in [0.15, 0.2) is 40.8 Å². The fraction of sp³-hybridized carbons (Fsp3) is 0. The molecule has 0 unspecified atom stereocenters. The normalized spacial score (nSPS) is 10.1. The van der Waals surface area contributed by atoms with E-state index in [9.17, 15) is 4.39 Å². The van der Waals surface area contributed by atoms with Gasteiger partial charge in [-0.3, -0.25) is 0 Å². The minimum Gasteiger partial charge on any atom is -0.453 e. The van der Waals surface area contributed by atoms with Crippen LogP contribution in [0.25, 0.3) is 11.3 Å². The molecule has 2 heteroatoms. The lowest BCUT2D eigenvalue weighted by atomic mass is 10.2. The molecule has 0 saturated heterocycles. The third-order valence-corrected chi connectivity index (χ3v) is 1.58. The molecule has 0 amide bonds. The van der Waals surface area contributed by atoms with Crippen molar-refractivity contribution in [3.8, 4) is 11.3 Å². The van der Waals surface area contributed by atoms with Crippen LogP contribution in [0.2, 0.25) is 0 Å². The van der Waals surface area contributed by atoms with Gasteiger partial charge in [-0.1, -0.05) is 12.1 Å². The summed E-state index contributed by atoms with van der Waals surface area (Å²) in [5.74, 6) is 0.374. The molecule has 1 aromatic carbocycles. The molecule has 12 heavy (non-hydrogen) atoms. The predicted octanol–water partition coefficient (Wildman–Crippen LogP) is 2.89. The van der Waals surface area contributed by atoms with E-state index in [1.807, 2.05) is 0 Å². The van der Waals surface area contributed by atoms with E-state index in [4.69, 9.17) is 4.42 Å². The fourth-order valence-corrected chi connectivity index (χ4v) is 1.04. The summed E-state index contributed by atoms with van der Waals surface area (Å²) in [6.45, 7) is 0. The molecular weight excluding hydrogens is 155 g/mol. The van der Waals surface area contributed by atoms with Gasteiger partial charge in [0.1, 0.15) is 11.6 Å². The largest absolute Gasteiger partial charge is 0.453 e. The summed E-state index contributed by atoms with van der Waals surface area (Å²) in [5.41, 5.74) is 0.733. The Bertz CT molecular complexity index is 365. The first kappa shape index (κ1) is 7.10. The Morgan fingerprint density at radius 1 is 1.25 bits per heavy atom. The van der Waals surface area contributed by atoms with E-state index >= 15 is 0 Å². The van der Waals surface area contributed by atoms with Crippen molar-refractivity contribution in [3.63, 3.8) is 0 Å². The summed E-state index contributed by atoms with van der Waals surface area (Å²) in [5, 5.41) is 0. The third-order valence-electron chi connectivity index (χ3n) is 1.58. The molecule has 0 aliphatic heterocycles. The molecule has 1 radical (unpaired) electrons. The van der Waals surface area contributed by atoms with Gasteiger partial charge in [0, 0.05) is 5.56 Å². The van der Waals surface area contributed by atoms with Gasteiger partial charge in [-0.05, 0) is 24.3 Å². The van der Waals surface area contributed by atoms with Crippen LogP contribution >= 0.6 is 0 Å². The lowest BCUT2D eigenvalue weighted by Crippen LogP contribution is -1.75. The van der Waals surface area contributed by atoms with Gasteiger partial charge in [0.2, 0.25) is 0 Å². The molecule has 1 aromatic heterocycles. The number of halogens is 1. The monoisotopic (exact) mass is 161 g/mol. The molecule has 0 aliphatic rings. The van der Waals surface area contributed by atoms with Gasteiger partial charge in [0.25, 0.3) is 0 Å². The molecule has 0 bridgehead atoms. The van der Waals surface area contributed by atoms with Gasteiger partial charge in [0.05, 0.1) is 0 Å². The fourth-order valence-electron chi connectivity index (χ4n) is 1.04. The Hall–Kier alpha value is -1.57. The van der Waals surface area contributed by atoms with E-state index < -0.39 is 0 Å². The van der Waals surface area contributed by atoms with Crippen molar-refractivity contribution in [2.45, 2.75) is 0 Å². The van der Waals surface area contributed by atoms with Crippen LogP contribution < -0.4 is 0 Å². The number of furan rings is 1. The summed E-state index contributed by atoms with van der Waals surface area (Å²) < 4.78 is 17.7. The van der Waals surface area contributed by atoms with Gasteiger partial charge in [-0.25, -0.2) is 4.39 Å². The zero-order chi connectivity index (χ0) is 8.39. The van der Waals surface area contributed by atoms with Crippen molar-refractivity contribution >= 4 is 0 Å². The van der Waals surface area contributed by atoms with Crippen LogP contribution in [0.3, 0.4) is 0 Å². The van der Waals surface area contributed by atoms with Gasteiger partial charge >= 0.3 is 0 Å². The predicted molar refractivity (Wildman–Crippen MR) is 42.9 cm³/mol. The quantitative estimate of drug-likeness (QED) is 0.626. The van der Waals surface area contributed by atoms with Crippen molar-refractivity contribution in [2.24, 2.45) is 0 Å². The van der Waals surface area contributed by atoms with E-state index in [1.165, 1.54) is 12.1 Å². The van der Waals surface area contributed by atoms with Crippen LogP contribution in [-0.4, -0.2) is 0 Å². The highest BCUT2D eigenvalue weighted by Crippen LogP contribution is 2.19. The second-order valence-corrected chi connectivity index (χ2v) is 2.43. The summed E-state index contributed by atoms with van der Waals surface area (Å²) in [4.78, 5) is 0. The Morgan fingerprint density at radius 2 is 2.17 bits per heavy atom. The summed E-state index contributed by atoms with van der Waals surface area (Å²) >= 11 is 0. The Morgan fingerprint density at radius 3 is 2.83 bits per heavy atom. The zero-order valence-corrected chi connectivity index (χ0v) is 6.25. The van der Waals surface area contributed by atoms with Crippen molar-refractivity contribution in [1.29, 1.82) is 0 Å². The van der Waals surface area contributed by atoms with Crippen molar-refractivity contribution in [1.82, 2.24) is 0 Å². The number of benzene rings is 1. The molecule has 1 heterocycles. The molecule has 59 valence electrons. The SMILES string of the molecule is Fc1cccc(-c2cc[c]o2)c1. The summed E-state index contributed by atoms with van der Waals surface area (Å²) in [7, 11) is 0. The van der Waals surface area contributed by atoms with Gasteiger partial charge in [-0.2, -0.15) is 0 Å². The molecule has 0 fully saturated rings. The van der Waals surface area contributed by atoms with E-state index in [1.54, 1.807) is 24.3 Å². The first-order chi connectivity index (χ1) is 5.86. The Balaban J connectivity index is 2.48. The molecular formula is C10H6FO. The maximum absolute atomic E-state index is 12.7. The van der Waals surface area contributed by atoms with E-state index in [-0.39, 0.29) is 5.82 Å². The first-order valence-corrected chi connectivity index (χ1v) is 3.58. The molecule has 0 saturated carbocycles. The van der Waals surface area contributed by atoms with Crippen LogP contribution in [0, 0.1) is 12.1 Å². The van der Waals surface area contributed by atoms with Crippen LogP contribution in [-0.2, 0) is 0 Å². The molecule has 0 aliphatic carbocycles. The molecule has 2 aromatic rings. The molecule has 0 atom stereocenters. The van der Waals surface area contributed by atoms with Crippen LogP contribution in [0.4, 0.5) is 4.39 Å². The highest BCUT2D eigenvalue weighted by molar-refractivity contribution is 5.56. The maximum Gasteiger partial charge on any atom is 0.170 e. The second kappa shape index (κ2) is 2.81. The molecule has 2 rings (SSSR count). The number of hydrogen-bond acceptors (Lipinski definition) is 1. The van der Waals surface area contributed by atoms with Gasteiger partial charge < -0.3 is 4.42 Å². The maximum atomic E-state index is 12.7. The Labute approximate surface area is 69.4 Å². The first-order valence-electron chi connectivity index (χ1n) is 3.58. The Kier molecular flexibility index (Phi) is 1.67. The average Bonchev–Trinajstić information content (AvgIpc) is 2.56. The second-order valence-electron chi connectivity index (χ2n) is 2.43. The highest BCUT2D eigenvalue weighted by atomic mass is 19.1. The minimum atomic E-state index is -0.260. The minimum absolute atomic E-state index is 0.260. The lowest BCUT2D eigenvalue weighted by Gasteiger charge is -1.94.